The highest BCUT2D eigenvalue weighted by Crippen LogP contribution is 2.16. The lowest BCUT2D eigenvalue weighted by Crippen LogP contribution is -2.24. The lowest BCUT2D eigenvalue weighted by molar-refractivity contribution is 0.198. The van der Waals surface area contributed by atoms with E-state index in [0.717, 1.165) is 6.42 Å². The van der Waals surface area contributed by atoms with E-state index in [1.165, 1.54) is 167 Å². The van der Waals surface area contributed by atoms with Crippen LogP contribution in [0, 0.1) is 0 Å². The monoisotopic (exact) mass is 524 g/mol. The lowest BCUT2D eigenvalue weighted by Gasteiger charge is -2.17. The summed E-state index contributed by atoms with van der Waals surface area (Å²) in [6, 6.07) is 0. The van der Waals surface area contributed by atoms with Crippen LogP contribution >= 0.6 is 0 Å². The quantitative estimate of drug-likeness (QED) is 0.0862. The van der Waals surface area contributed by atoms with Gasteiger partial charge in [0.05, 0.1) is 13.2 Å². The zero-order chi connectivity index (χ0) is 26.9. The second-order valence-electron chi connectivity index (χ2n) is 11.5. The summed E-state index contributed by atoms with van der Waals surface area (Å²) in [5.74, 6) is 0. The number of unbranched alkanes of at least 4 members (excludes halogenated alkanes) is 26. The number of rotatable bonds is 32. The summed E-state index contributed by atoms with van der Waals surface area (Å²) >= 11 is 0. The standard InChI is InChI=1S/C34H69NO2/c1-2-3-4-5-6-7-8-9-10-11-12-13-14-15-16-17-18-19-20-21-22-23-24-25-26-27-28-29-30-35(31-33-36)32-34-37/h29-30,36-37H,2-28,31-34H2,1H3. The van der Waals surface area contributed by atoms with E-state index in [1.807, 2.05) is 11.1 Å². The van der Waals surface area contributed by atoms with Gasteiger partial charge in [-0.25, -0.2) is 0 Å². The summed E-state index contributed by atoms with van der Waals surface area (Å²) in [4.78, 5) is 1.99. The first kappa shape index (κ1) is 36.5. The van der Waals surface area contributed by atoms with E-state index >= 15 is 0 Å². The van der Waals surface area contributed by atoms with Crippen LogP contribution in [-0.2, 0) is 0 Å². The maximum atomic E-state index is 9.01. The largest absolute Gasteiger partial charge is 0.395 e. The molecule has 0 atom stereocenters. The fourth-order valence-corrected chi connectivity index (χ4v) is 5.32. The number of nitrogens with zero attached hydrogens (tertiary/aromatic N) is 1. The lowest BCUT2D eigenvalue weighted by atomic mass is 10.0. The molecule has 0 saturated carbocycles. The molecule has 0 aliphatic carbocycles. The Morgan fingerprint density at radius 2 is 0.676 bits per heavy atom. The van der Waals surface area contributed by atoms with Gasteiger partial charge in [0, 0.05) is 13.1 Å². The Bertz CT molecular complexity index is 420. The smallest absolute Gasteiger partial charge is 0.0606 e. The predicted molar refractivity (Wildman–Crippen MR) is 165 cm³/mol. The maximum Gasteiger partial charge on any atom is 0.0606 e. The molecule has 2 N–H and O–H groups in total. The molecule has 0 aliphatic rings. The van der Waals surface area contributed by atoms with Gasteiger partial charge in [0.2, 0.25) is 0 Å². The minimum absolute atomic E-state index is 0.143. The number of aliphatic hydroxyl groups is 2. The maximum absolute atomic E-state index is 9.01. The van der Waals surface area contributed by atoms with Crippen LogP contribution in [0.15, 0.2) is 12.3 Å². The van der Waals surface area contributed by atoms with Gasteiger partial charge in [-0.1, -0.05) is 174 Å². The molecule has 0 fully saturated rings. The Hall–Kier alpha value is -0.540. The molecule has 0 radical (unpaired) electrons. The van der Waals surface area contributed by atoms with E-state index in [-0.39, 0.29) is 13.2 Å². The average Bonchev–Trinajstić information content (AvgIpc) is 2.90. The van der Waals surface area contributed by atoms with Gasteiger partial charge in [-0.15, -0.1) is 0 Å². The molecule has 222 valence electrons. The van der Waals surface area contributed by atoms with Gasteiger partial charge in [0.15, 0.2) is 0 Å². The van der Waals surface area contributed by atoms with Gasteiger partial charge in [0.1, 0.15) is 0 Å². The van der Waals surface area contributed by atoms with Crippen molar-refractivity contribution in [1.29, 1.82) is 0 Å². The Labute approximate surface area is 233 Å². The first-order valence-corrected chi connectivity index (χ1v) is 17.0. The Kier molecular flexibility index (Phi) is 33.0. The van der Waals surface area contributed by atoms with Crippen molar-refractivity contribution < 1.29 is 10.2 Å². The summed E-state index contributed by atoms with van der Waals surface area (Å²) in [6.07, 6.45) is 42.7. The summed E-state index contributed by atoms with van der Waals surface area (Å²) in [6.45, 7) is 3.80. The van der Waals surface area contributed by atoms with Crippen molar-refractivity contribution in [1.82, 2.24) is 4.90 Å². The predicted octanol–water partition coefficient (Wildman–Crippen LogP) is 10.3. The first-order chi connectivity index (χ1) is 18.3. The zero-order valence-electron chi connectivity index (χ0n) is 25.4. The SMILES string of the molecule is CCCCCCCCCCCCCCCCCCCCCCCCCCCCC=CN(CCO)CCO. The molecule has 37 heavy (non-hydrogen) atoms. The summed E-state index contributed by atoms with van der Waals surface area (Å²) in [5.41, 5.74) is 0. The molecule has 0 spiro atoms. The van der Waals surface area contributed by atoms with Crippen molar-refractivity contribution in [2.24, 2.45) is 0 Å². The summed E-state index contributed by atoms with van der Waals surface area (Å²) in [7, 11) is 0. The number of aliphatic hydroxyl groups excluding tert-OH is 2. The average molecular weight is 524 g/mol. The van der Waals surface area contributed by atoms with E-state index in [9.17, 15) is 0 Å². The van der Waals surface area contributed by atoms with E-state index < -0.39 is 0 Å². The van der Waals surface area contributed by atoms with E-state index in [2.05, 4.69) is 13.0 Å². The van der Waals surface area contributed by atoms with Crippen LogP contribution in [-0.4, -0.2) is 41.4 Å². The second-order valence-corrected chi connectivity index (χ2v) is 11.5. The molecule has 0 aromatic heterocycles. The van der Waals surface area contributed by atoms with Gasteiger partial charge < -0.3 is 15.1 Å². The molecule has 0 aliphatic heterocycles. The molecule has 0 amide bonds. The van der Waals surface area contributed by atoms with Gasteiger partial charge in [0.25, 0.3) is 0 Å². The van der Waals surface area contributed by atoms with Crippen LogP contribution in [0.1, 0.15) is 180 Å². The minimum Gasteiger partial charge on any atom is -0.395 e. The van der Waals surface area contributed by atoms with Gasteiger partial charge >= 0.3 is 0 Å². The highest BCUT2D eigenvalue weighted by atomic mass is 16.3. The first-order valence-electron chi connectivity index (χ1n) is 17.0. The molecule has 3 nitrogen and oxygen atoms in total. The topological polar surface area (TPSA) is 43.7 Å². The van der Waals surface area contributed by atoms with Crippen LogP contribution in [0.3, 0.4) is 0 Å². The normalized spacial score (nSPS) is 11.6. The number of allylic oxidation sites excluding steroid dienone is 1. The van der Waals surface area contributed by atoms with Gasteiger partial charge in [-0.3, -0.25) is 0 Å². The fraction of sp³-hybridized carbons (Fsp3) is 0.941. The highest BCUT2D eigenvalue weighted by Gasteiger charge is 1.97. The highest BCUT2D eigenvalue weighted by molar-refractivity contribution is 4.82. The van der Waals surface area contributed by atoms with Crippen LogP contribution in [0.5, 0.6) is 0 Å². The molecule has 0 aromatic rings. The number of hydrogen-bond donors (Lipinski definition) is 2. The second kappa shape index (κ2) is 33.5. The van der Waals surface area contributed by atoms with Crippen LogP contribution in [0.4, 0.5) is 0 Å². The van der Waals surface area contributed by atoms with Crippen LogP contribution < -0.4 is 0 Å². The Morgan fingerprint density at radius 1 is 0.405 bits per heavy atom. The molecule has 0 heterocycles. The molecule has 0 saturated heterocycles. The van der Waals surface area contributed by atoms with E-state index in [0.29, 0.717) is 13.1 Å². The summed E-state index contributed by atoms with van der Waals surface area (Å²) < 4.78 is 0. The van der Waals surface area contributed by atoms with Crippen molar-refractivity contribution in [2.75, 3.05) is 26.3 Å². The minimum atomic E-state index is 0.143. The molecular weight excluding hydrogens is 454 g/mol. The van der Waals surface area contributed by atoms with Crippen molar-refractivity contribution in [2.45, 2.75) is 180 Å². The Morgan fingerprint density at radius 3 is 0.946 bits per heavy atom. The molecule has 0 unspecified atom stereocenters. The molecule has 3 heteroatoms. The van der Waals surface area contributed by atoms with Crippen LogP contribution in [0.2, 0.25) is 0 Å². The van der Waals surface area contributed by atoms with Crippen molar-refractivity contribution in [3.05, 3.63) is 12.3 Å². The molecular formula is C34H69NO2. The molecule has 0 bridgehead atoms. The third-order valence-electron chi connectivity index (χ3n) is 7.81. The fourth-order valence-electron chi connectivity index (χ4n) is 5.32. The van der Waals surface area contributed by atoms with E-state index in [4.69, 9.17) is 10.2 Å². The summed E-state index contributed by atoms with van der Waals surface area (Å²) in [5, 5.41) is 18.0. The molecule has 0 rings (SSSR count). The van der Waals surface area contributed by atoms with Gasteiger partial charge in [-0.05, 0) is 19.0 Å². The number of hydrogen-bond acceptors (Lipinski definition) is 3. The van der Waals surface area contributed by atoms with Crippen molar-refractivity contribution in [3.8, 4) is 0 Å². The van der Waals surface area contributed by atoms with E-state index in [1.54, 1.807) is 0 Å². The van der Waals surface area contributed by atoms with Crippen LogP contribution in [0.25, 0.3) is 0 Å². The third kappa shape index (κ3) is 31.6. The van der Waals surface area contributed by atoms with Crippen molar-refractivity contribution in [3.63, 3.8) is 0 Å². The van der Waals surface area contributed by atoms with Gasteiger partial charge in [-0.2, -0.15) is 0 Å². The zero-order valence-corrected chi connectivity index (χ0v) is 25.4. The van der Waals surface area contributed by atoms with Crippen molar-refractivity contribution >= 4 is 0 Å². The molecule has 0 aromatic carbocycles. The third-order valence-corrected chi connectivity index (χ3v) is 7.81. The Balaban J connectivity index is 3.14.